The molecule has 2 heterocycles. The molecule has 0 aliphatic heterocycles. The predicted molar refractivity (Wildman–Crippen MR) is 147 cm³/mol. The van der Waals surface area contributed by atoms with Gasteiger partial charge in [-0.05, 0) is 61.6 Å². The average Bonchev–Trinajstić information content (AvgIpc) is 3.63. The predicted octanol–water partition coefficient (Wildman–Crippen LogP) is 6.70. The highest BCUT2D eigenvalue weighted by Crippen LogP contribution is 2.36. The standard InChI is InChI=1S/C29H27F3N2O5S/c1-2-36-15-16-37-24-5-3-4-21(26(24)38-18-19-6-7-19)10-13-23-25(27(35)34-14-17-40-28(34)33-23)20-8-11-22(12-9-20)39-29(30,31)32/h3-5,8-14,17,19H,2,6-7,15-16,18H2,1H3/b13-10+. The largest absolute Gasteiger partial charge is 0.573 e. The van der Waals surface area contributed by atoms with Crippen LogP contribution in [0.25, 0.3) is 28.2 Å². The summed E-state index contributed by atoms with van der Waals surface area (Å²) in [5.74, 6) is 1.32. The molecule has 1 fully saturated rings. The van der Waals surface area contributed by atoms with E-state index in [9.17, 15) is 18.0 Å². The minimum absolute atomic E-state index is 0.246. The molecular weight excluding hydrogens is 545 g/mol. The highest BCUT2D eigenvalue weighted by atomic mass is 32.1. The zero-order valence-corrected chi connectivity index (χ0v) is 22.5. The summed E-state index contributed by atoms with van der Waals surface area (Å²) in [5, 5.41) is 1.74. The first-order chi connectivity index (χ1) is 19.3. The Morgan fingerprint density at radius 3 is 2.60 bits per heavy atom. The molecule has 0 amide bonds. The normalized spacial score (nSPS) is 13.7. The minimum atomic E-state index is -4.81. The van der Waals surface area contributed by atoms with Crippen LogP contribution in [0.5, 0.6) is 17.2 Å². The summed E-state index contributed by atoms with van der Waals surface area (Å²) >= 11 is 1.30. The van der Waals surface area contributed by atoms with Crippen LogP contribution in [0.2, 0.25) is 0 Å². The van der Waals surface area contributed by atoms with Gasteiger partial charge in [0, 0.05) is 23.7 Å². The Morgan fingerprint density at radius 1 is 1.07 bits per heavy atom. The summed E-state index contributed by atoms with van der Waals surface area (Å²) in [6.07, 6.45) is 2.56. The molecule has 2 aromatic carbocycles. The smallest absolute Gasteiger partial charge is 0.489 e. The third kappa shape index (κ3) is 6.83. The number of benzene rings is 2. The fourth-order valence-electron chi connectivity index (χ4n) is 4.05. The molecule has 40 heavy (non-hydrogen) atoms. The third-order valence-electron chi connectivity index (χ3n) is 6.15. The first kappa shape index (κ1) is 27.7. The lowest BCUT2D eigenvalue weighted by Crippen LogP contribution is -2.18. The molecule has 4 aromatic rings. The number of halogens is 3. The van der Waals surface area contributed by atoms with Crippen LogP contribution in [0.4, 0.5) is 13.2 Å². The Bertz CT molecular complexity index is 1540. The molecule has 1 aliphatic carbocycles. The van der Waals surface area contributed by atoms with E-state index in [0.29, 0.717) is 60.1 Å². The molecule has 2 aromatic heterocycles. The van der Waals surface area contributed by atoms with Crippen molar-refractivity contribution in [2.75, 3.05) is 26.4 Å². The number of aromatic nitrogens is 2. The van der Waals surface area contributed by atoms with Crippen LogP contribution >= 0.6 is 11.3 Å². The molecule has 1 saturated carbocycles. The van der Waals surface area contributed by atoms with Gasteiger partial charge in [0.1, 0.15) is 12.4 Å². The van der Waals surface area contributed by atoms with E-state index in [1.165, 1.54) is 40.0 Å². The fraction of sp³-hybridized carbons (Fsp3) is 0.310. The van der Waals surface area contributed by atoms with E-state index >= 15 is 0 Å². The number of thiazole rings is 1. The van der Waals surface area contributed by atoms with Crippen molar-refractivity contribution in [1.82, 2.24) is 9.38 Å². The highest BCUT2D eigenvalue weighted by molar-refractivity contribution is 7.15. The molecule has 11 heteroatoms. The highest BCUT2D eigenvalue weighted by Gasteiger charge is 2.31. The molecule has 210 valence electrons. The van der Waals surface area contributed by atoms with Gasteiger partial charge < -0.3 is 18.9 Å². The lowest BCUT2D eigenvalue weighted by atomic mass is 10.0. The van der Waals surface area contributed by atoms with E-state index in [2.05, 4.69) is 9.72 Å². The summed E-state index contributed by atoms with van der Waals surface area (Å²) in [4.78, 5) is 18.6. The van der Waals surface area contributed by atoms with Crippen LogP contribution in [0.1, 0.15) is 31.0 Å². The number of alkyl halides is 3. The molecule has 0 saturated heterocycles. The number of ether oxygens (including phenoxy) is 4. The van der Waals surface area contributed by atoms with Crippen molar-refractivity contribution in [1.29, 1.82) is 0 Å². The van der Waals surface area contributed by atoms with Gasteiger partial charge in [-0.1, -0.05) is 24.3 Å². The van der Waals surface area contributed by atoms with Crippen LogP contribution in [-0.4, -0.2) is 42.2 Å². The Balaban J connectivity index is 1.51. The zero-order valence-electron chi connectivity index (χ0n) is 21.6. The second-order valence-electron chi connectivity index (χ2n) is 9.11. The maximum absolute atomic E-state index is 13.4. The molecule has 0 spiro atoms. The zero-order chi connectivity index (χ0) is 28.1. The van der Waals surface area contributed by atoms with Crippen molar-refractivity contribution in [3.63, 3.8) is 0 Å². The molecular formula is C29H27F3N2O5S. The summed E-state index contributed by atoms with van der Waals surface area (Å²) in [5.41, 5.74) is 1.42. The summed E-state index contributed by atoms with van der Waals surface area (Å²) in [7, 11) is 0. The van der Waals surface area contributed by atoms with E-state index in [4.69, 9.17) is 14.2 Å². The quantitative estimate of drug-likeness (QED) is 0.176. The molecule has 7 nitrogen and oxygen atoms in total. The summed E-state index contributed by atoms with van der Waals surface area (Å²) < 4.78 is 60.8. The fourth-order valence-corrected chi connectivity index (χ4v) is 4.77. The van der Waals surface area contributed by atoms with Gasteiger partial charge in [-0.15, -0.1) is 24.5 Å². The number of hydrogen-bond donors (Lipinski definition) is 0. The van der Waals surface area contributed by atoms with Gasteiger partial charge in [-0.3, -0.25) is 9.20 Å². The monoisotopic (exact) mass is 572 g/mol. The molecule has 0 bridgehead atoms. The number of para-hydroxylation sites is 1. The molecule has 0 atom stereocenters. The molecule has 0 unspecified atom stereocenters. The van der Waals surface area contributed by atoms with Gasteiger partial charge in [0.15, 0.2) is 16.5 Å². The van der Waals surface area contributed by atoms with E-state index in [0.717, 1.165) is 18.4 Å². The van der Waals surface area contributed by atoms with E-state index in [1.807, 2.05) is 25.1 Å². The molecule has 0 N–H and O–H groups in total. The van der Waals surface area contributed by atoms with Gasteiger partial charge in [0.2, 0.25) is 0 Å². The lowest BCUT2D eigenvalue weighted by Gasteiger charge is -2.15. The van der Waals surface area contributed by atoms with Crippen molar-refractivity contribution < 1.29 is 32.1 Å². The minimum Gasteiger partial charge on any atom is -0.489 e. The van der Waals surface area contributed by atoms with Crippen molar-refractivity contribution >= 4 is 28.4 Å². The molecule has 5 rings (SSSR count). The van der Waals surface area contributed by atoms with E-state index in [-0.39, 0.29) is 16.9 Å². The number of fused-ring (bicyclic) bond motifs is 1. The van der Waals surface area contributed by atoms with E-state index in [1.54, 1.807) is 23.7 Å². The van der Waals surface area contributed by atoms with Gasteiger partial charge in [-0.25, -0.2) is 4.98 Å². The summed E-state index contributed by atoms with van der Waals surface area (Å²) in [6, 6.07) is 10.7. The van der Waals surface area contributed by atoms with Crippen LogP contribution in [0.15, 0.2) is 58.8 Å². The van der Waals surface area contributed by atoms with Crippen molar-refractivity contribution in [2.45, 2.75) is 26.1 Å². The Morgan fingerprint density at radius 2 is 1.88 bits per heavy atom. The van der Waals surface area contributed by atoms with Gasteiger partial charge in [-0.2, -0.15) is 0 Å². The van der Waals surface area contributed by atoms with Crippen LogP contribution in [-0.2, 0) is 4.74 Å². The Hall–Kier alpha value is -3.83. The third-order valence-corrected chi connectivity index (χ3v) is 6.91. The van der Waals surface area contributed by atoms with Gasteiger partial charge >= 0.3 is 6.36 Å². The van der Waals surface area contributed by atoms with Gasteiger partial charge in [0.05, 0.1) is 24.5 Å². The Kier molecular flexibility index (Phi) is 8.41. The lowest BCUT2D eigenvalue weighted by molar-refractivity contribution is -0.274. The first-order valence-electron chi connectivity index (χ1n) is 12.8. The number of hydrogen-bond acceptors (Lipinski definition) is 7. The molecule has 1 aliphatic rings. The van der Waals surface area contributed by atoms with Gasteiger partial charge in [0.25, 0.3) is 5.56 Å². The maximum Gasteiger partial charge on any atom is 0.573 e. The van der Waals surface area contributed by atoms with Crippen LogP contribution in [0, 0.1) is 5.92 Å². The van der Waals surface area contributed by atoms with Crippen LogP contribution < -0.4 is 19.8 Å². The van der Waals surface area contributed by atoms with E-state index < -0.39 is 6.36 Å². The topological polar surface area (TPSA) is 71.3 Å². The second-order valence-corrected chi connectivity index (χ2v) is 9.99. The number of nitrogens with zero attached hydrogens (tertiary/aromatic N) is 2. The SMILES string of the molecule is CCOCCOc1cccc(/C=C/c2nc3sccn3c(=O)c2-c2ccc(OC(F)(F)F)cc2)c1OCC1CC1. The van der Waals surface area contributed by atoms with Crippen molar-refractivity contribution in [3.8, 4) is 28.4 Å². The molecule has 0 radical (unpaired) electrons. The second kappa shape index (κ2) is 12.1. The average molecular weight is 573 g/mol. The van der Waals surface area contributed by atoms with Crippen molar-refractivity contribution in [2.24, 2.45) is 5.92 Å². The summed E-state index contributed by atoms with van der Waals surface area (Å²) in [6.45, 7) is 3.90. The first-order valence-corrected chi connectivity index (χ1v) is 13.7. The Labute approximate surface area is 232 Å². The maximum atomic E-state index is 13.4. The van der Waals surface area contributed by atoms with Crippen molar-refractivity contribution in [3.05, 3.63) is 75.7 Å². The number of rotatable bonds is 12. The van der Waals surface area contributed by atoms with Crippen LogP contribution in [0.3, 0.4) is 0 Å².